The van der Waals surface area contributed by atoms with E-state index in [0.717, 1.165) is 39.4 Å². The number of carbonyl (C=O) groups excluding carboxylic acids is 1. The first kappa shape index (κ1) is 20.0. The molecule has 0 saturated heterocycles. The lowest BCUT2D eigenvalue weighted by Crippen LogP contribution is -2.15. The summed E-state index contributed by atoms with van der Waals surface area (Å²) in [7, 11) is 1.64. The first-order valence-electron chi connectivity index (χ1n) is 9.53. The van der Waals surface area contributed by atoms with Gasteiger partial charge in [-0.2, -0.15) is 0 Å². The van der Waals surface area contributed by atoms with Crippen molar-refractivity contribution < 1.29 is 19.0 Å². The molecule has 0 atom stereocenters. The van der Waals surface area contributed by atoms with Gasteiger partial charge in [0.25, 0.3) is 0 Å². The SMILES string of the molecule is COc1cc(C)c(/C=C/C(=O)Nc2nc(-c3ccc4c(c3)OCCO4)cs2)c(C)c1. The second-order valence-electron chi connectivity index (χ2n) is 6.89. The smallest absolute Gasteiger partial charge is 0.250 e. The average molecular weight is 423 g/mol. The maximum atomic E-state index is 12.4. The predicted molar refractivity (Wildman–Crippen MR) is 119 cm³/mol. The number of nitrogens with zero attached hydrogens (tertiary/aromatic N) is 1. The maximum Gasteiger partial charge on any atom is 0.250 e. The molecule has 3 aromatic rings. The Morgan fingerprint density at radius 1 is 1.13 bits per heavy atom. The molecule has 0 fully saturated rings. The number of anilines is 1. The quantitative estimate of drug-likeness (QED) is 0.595. The minimum absolute atomic E-state index is 0.229. The van der Waals surface area contributed by atoms with E-state index in [2.05, 4.69) is 10.3 Å². The van der Waals surface area contributed by atoms with E-state index in [-0.39, 0.29) is 5.91 Å². The van der Waals surface area contributed by atoms with E-state index in [1.807, 2.05) is 55.6 Å². The van der Waals surface area contributed by atoms with E-state index in [4.69, 9.17) is 14.2 Å². The molecule has 1 N–H and O–H groups in total. The molecule has 2 aromatic carbocycles. The number of amides is 1. The fraction of sp³-hybridized carbons (Fsp3) is 0.217. The Morgan fingerprint density at radius 3 is 2.60 bits per heavy atom. The summed E-state index contributed by atoms with van der Waals surface area (Å²) in [6, 6.07) is 9.62. The molecular weight excluding hydrogens is 400 g/mol. The lowest BCUT2D eigenvalue weighted by molar-refractivity contribution is -0.111. The van der Waals surface area contributed by atoms with Crippen molar-refractivity contribution in [2.24, 2.45) is 0 Å². The number of benzene rings is 2. The first-order valence-corrected chi connectivity index (χ1v) is 10.4. The van der Waals surface area contributed by atoms with Gasteiger partial charge in [0.2, 0.25) is 5.91 Å². The number of aryl methyl sites for hydroxylation is 2. The highest BCUT2D eigenvalue weighted by Crippen LogP contribution is 2.35. The third-order valence-electron chi connectivity index (χ3n) is 4.78. The van der Waals surface area contributed by atoms with Gasteiger partial charge in [0.05, 0.1) is 12.8 Å². The van der Waals surface area contributed by atoms with Gasteiger partial charge in [-0.05, 0) is 66.9 Å². The number of nitrogens with one attached hydrogen (secondary N) is 1. The maximum absolute atomic E-state index is 12.4. The molecule has 1 aliphatic heterocycles. The molecule has 4 rings (SSSR count). The Labute approximate surface area is 179 Å². The van der Waals surface area contributed by atoms with Crippen molar-refractivity contribution in [3.8, 4) is 28.5 Å². The van der Waals surface area contributed by atoms with E-state index < -0.39 is 0 Å². The van der Waals surface area contributed by atoms with Crippen LogP contribution >= 0.6 is 11.3 Å². The van der Waals surface area contributed by atoms with E-state index in [1.165, 1.54) is 17.4 Å². The second-order valence-corrected chi connectivity index (χ2v) is 7.75. The molecule has 7 heteroatoms. The van der Waals surface area contributed by atoms with Crippen LogP contribution in [0.15, 0.2) is 41.8 Å². The molecule has 1 aliphatic rings. The summed E-state index contributed by atoms with van der Waals surface area (Å²) < 4.78 is 16.5. The van der Waals surface area contributed by atoms with Crippen LogP contribution in [0.25, 0.3) is 17.3 Å². The highest BCUT2D eigenvalue weighted by molar-refractivity contribution is 7.14. The zero-order valence-electron chi connectivity index (χ0n) is 17.0. The third-order valence-corrected chi connectivity index (χ3v) is 5.53. The fourth-order valence-electron chi connectivity index (χ4n) is 3.29. The van der Waals surface area contributed by atoms with Crippen molar-refractivity contribution in [2.45, 2.75) is 13.8 Å². The van der Waals surface area contributed by atoms with Gasteiger partial charge in [-0.3, -0.25) is 10.1 Å². The van der Waals surface area contributed by atoms with E-state index in [0.29, 0.717) is 24.1 Å². The lowest BCUT2D eigenvalue weighted by atomic mass is 10.0. The Hall–Kier alpha value is -3.32. The molecule has 1 aromatic heterocycles. The van der Waals surface area contributed by atoms with Crippen LogP contribution in [0, 0.1) is 13.8 Å². The zero-order chi connectivity index (χ0) is 21.1. The molecule has 30 heavy (non-hydrogen) atoms. The summed E-state index contributed by atoms with van der Waals surface area (Å²) in [5.41, 5.74) is 4.79. The minimum Gasteiger partial charge on any atom is -0.497 e. The number of hydrogen-bond acceptors (Lipinski definition) is 6. The summed E-state index contributed by atoms with van der Waals surface area (Å²) in [5, 5.41) is 5.27. The Morgan fingerprint density at radius 2 is 1.87 bits per heavy atom. The molecule has 6 nitrogen and oxygen atoms in total. The van der Waals surface area contributed by atoms with Gasteiger partial charge in [0.15, 0.2) is 16.6 Å². The van der Waals surface area contributed by atoms with Crippen molar-refractivity contribution in [1.82, 2.24) is 4.98 Å². The van der Waals surface area contributed by atoms with Crippen molar-refractivity contribution >= 4 is 28.5 Å². The average Bonchev–Trinajstić information content (AvgIpc) is 3.21. The van der Waals surface area contributed by atoms with Gasteiger partial charge < -0.3 is 14.2 Å². The molecule has 1 amide bonds. The van der Waals surface area contributed by atoms with Crippen LogP contribution in [0.2, 0.25) is 0 Å². The predicted octanol–water partition coefficient (Wildman–Crippen LogP) is 4.86. The Kier molecular flexibility index (Phi) is 5.72. The molecule has 0 spiro atoms. The van der Waals surface area contributed by atoms with Crippen molar-refractivity contribution in [2.75, 3.05) is 25.6 Å². The molecule has 0 unspecified atom stereocenters. The normalized spacial score (nSPS) is 12.8. The topological polar surface area (TPSA) is 69.7 Å². The van der Waals surface area contributed by atoms with Gasteiger partial charge in [-0.25, -0.2) is 4.98 Å². The second kappa shape index (κ2) is 8.59. The van der Waals surface area contributed by atoms with Gasteiger partial charge in [0.1, 0.15) is 19.0 Å². The third kappa shape index (κ3) is 4.31. The van der Waals surface area contributed by atoms with Crippen LogP contribution in [0.4, 0.5) is 5.13 Å². The van der Waals surface area contributed by atoms with Crippen LogP contribution in [0.1, 0.15) is 16.7 Å². The monoisotopic (exact) mass is 422 g/mol. The van der Waals surface area contributed by atoms with Crippen LogP contribution in [0.3, 0.4) is 0 Å². The number of thiazole rings is 1. The molecule has 0 bridgehead atoms. The number of carbonyl (C=O) groups is 1. The van der Waals surface area contributed by atoms with Crippen molar-refractivity contribution in [3.05, 3.63) is 58.5 Å². The molecular formula is C23H22N2O4S. The molecule has 2 heterocycles. The number of methoxy groups -OCH3 is 1. The van der Waals surface area contributed by atoms with Gasteiger partial charge in [0, 0.05) is 17.0 Å². The van der Waals surface area contributed by atoms with E-state index >= 15 is 0 Å². The number of hydrogen-bond donors (Lipinski definition) is 1. The molecule has 0 saturated carbocycles. The van der Waals surface area contributed by atoms with Crippen molar-refractivity contribution in [3.63, 3.8) is 0 Å². The Balaban J connectivity index is 1.45. The summed E-state index contributed by atoms with van der Waals surface area (Å²) in [4.78, 5) is 16.9. The highest BCUT2D eigenvalue weighted by atomic mass is 32.1. The Bertz CT molecular complexity index is 1100. The standard InChI is InChI=1S/C23H22N2O4S/c1-14-10-17(27-3)11-15(2)18(14)5-7-22(26)25-23-24-19(13-30-23)16-4-6-20-21(12-16)29-9-8-28-20/h4-7,10-13H,8-9H2,1-3H3,(H,24,25,26)/b7-5+. The van der Waals surface area contributed by atoms with Crippen LogP contribution in [0.5, 0.6) is 17.2 Å². The van der Waals surface area contributed by atoms with Crippen LogP contribution < -0.4 is 19.5 Å². The summed E-state index contributed by atoms with van der Waals surface area (Å²) >= 11 is 1.38. The number of rotatable bonds is 5. The van der Waals surface area contributed by atoms with Crippen LogP contribution in [-0.4, -0.2) is 31.2 Å². The highest BCUT2D eigenvalue weighted by Gasteiger charge is 2.14. The summed E-state index contributed by atoms with van der Waals surface area (Å²) in [6.07, 6.45) is 3.34. The van der Waals surface area contributed by atoms with Crippen LogP contribution in [-0.2, 0) is 4.79 Å². The van der Waals surface area contributed by atoms with E-state index in [1.54, 1.807) is 7.11 Å². The van der Waals surface area contributed by atoms with Gasteiger partial charge in [-0.1, -0.05) is 0 Å². The van der Waals surface area contributed by atoms with Gasteiger partial charge in [-0.15, -0.1) is 11.3 Å². The fourth-order valence-corrected chi connectivity index (χ4v) is 4.01. The number of fused-ring (bicyclic) bond motifs is 1. The van der Waals surface area contributed by atoms with Gasteiger partial charge >= 0.3 is 0 Å². The molecule has 0 radical (unpaired) electrons. The lowest BCUT2D eigenvalue weighted by Gasteiger charge is -2.18. The number of aromatic nitrogens is 1. The van der Waals surface area contributed by atoms with E-state index in [9.17, 15) is 4.79 Å². The van der Waals surface area contributed by atoms with Crippen molar-refractivity contribution in [1.29, 1.82) is 0 Å². The zero-order valence-corrected chi connectivity index (χ0v) is 17.8. The first-order chi connectivity index (χ1) is 14.5. The summed E-state index contributed by atoms with van der Waals surface area (Å²) in [5.74, 6) is 2.03. The molecule has 0 aliphatic carbocycles. The molecule has 154 valence electrons. The largest absolute Gasteiger partial charge is 0.497 e. The number of ether oxygens (including phenoxy) is 3. The summed E-state index contributed by atoms with van der Waals surface area (Å²) in [6.45, 7) is 5.08. The minimum atomic E-state index is -0.229.